The molecular weight excluding hydrogens is 243 g/mol. The van der Waals surface area contributed by atoms with Gasteiger partial charge >= 0.3 is 0 Å². The molecule has 1 aromatic rings. The van der Waals surface area contributed by atoms with Gasteiger partial charge in [0.1, 0.15) is 5.82 Å². The summed E-state index contributed by atoms with van der Waals surface area (Å²) < 4.78 is 36.2. The molecule has 3 nitrogen and oxygen atoms in total. The molecule has 94 valence electrons. The van der Waals surface area contributed by atoms with E-state index in [1.807, 2.05) is 0 Å². The normalized spacial score (nSPS) is 24.8. The summed E-state index contributed by atoms with van der Waals surface area (Å²) in [4.78, 5) is 0. The Bertz CT molecular complexity index is 525. The van der Waals surface area contributed by atoms with Crippen molar-refractivity contribution >= 4 is 9.84 Å². The third-order valence-corrected chi connectivity index (χ3v) is 4.98. The Morgan fingerprint density at radius 1 is 1.47 bits per heavy atom. The Balaban J connectivity index is 2.26. The maximum Gasteiger partial charge on any atom is 0.150 e. The molecule has 0 spiro atoms. The molecule has 0 saturated carbocycles. The smallest absolute Gasteiger partial charge is 0.150 e. The lowest BCUT2D eigenvalue weighted by molar-refractivity contribution is 0.117. The quantitative estimate of drug-likeness (QED) is 0.876. The molecule has 17 heavy (non-hydrogen) atoms. The zero-order valence-corrected chi connectivity index (χ0v) is 10.4. The Morgan fingerprint density at radius 2 is 2.18 bits per heavy atom. The van der Waals surface area contributed by atoms with Crippen LogP contribution in [0.15, 0.2) is 18.2 Å². The molecule has 5 heteroatoms. The van der Waals surface area contributed by atoms with Gasteiger partial charge in [-0.2, -0.15) is 0 Å². The summed E-state index contributed by atoms with van der Waals surface area (Å²) in [5, 5.41) is 10.1. The lowest BCUT2D eigenvalue weighted by Crippen LogP contribution is -2.15. The number of benzene rings is 1. The number of halogens is 1. The molecule has 1 fully saturated rings. The summed E-state index contributed by atoms with van der Waals surface area (Å²) in [6, 6.07) is 4.50. The second-order valence-electron chi connectivity index (χ2n) is 4.63. The SMILES string of the molecule is Cc1ccc(F)c(C(O)C2CCS(=O)(=O)C2)c1. The first-order valence-corrected chi connectivity index (χ1v) is 7.36. The second kappa shape index (κ2) is 4.38. The maximum atomic E-state index is 13.6. The largest absolute Gasteiger partial charge is 0.388 e. The van der Waals surface area contributed by atoms with Crippen molar-refractivity contribution in [2.24, 2.45) is 5.92 Å². The van der Waals surface area contributed by atoms with Crippen LogP contribution >= 0.6 is 0 Å². The van der Waals surface area contributed by atoms with Crippen LogP contribution in [0.3, 0.4) is 0 Å². The van der Waals surface area contributed by atoms with Crippen LogP contribution in [0.1, 0.15) is 23.7 Å². The molecule has 0 aliphatic carbocycles. The van der Waals surface area contributed by atoms with E-state index in [0.29, 0.717) is 6.42 Å². The van der Waals surface area contributed by atoms with Crippen LogP contribution in [0.25, 0.3) is 0 Å². The van der Waals surface area contributed by atoms with Crippen molar-refractivity contribution in [3.8, 4) is 0 Å². The molecule has 2 unspecified atom stereocenters. The highest BCUT2D eigenvalue weighted by Gasteiger charge is 2.34. The number of sulfone groups is 1. The highest BCUT2D eigenvalue weighted by molar-refractivity contribution is 7.91. The molecule has 2 atom stereocenters. The molecule has 1 aliphatic rings. The van der Waals surface area contributed by atoms with Gasteiger partial charge in [-0.05, 0) is 19.4 Å². The minimum Gasteiger partial charge on any atom is -0.388 e. The van der Waals surface area contributed by atoms with E-state index in [2.05, 4.69) is 0 Å². The molecule has 1 aliphatic heterocycles. The predicted molar refractivity (Wildman–Crippen MR) is 62.9 cm³/mol. The van der Waals surface area contributed by atoms with Crippen molar-refractivity contribution in [2.75, 3.05) is 11.5 Å². The van der Waals surface area contributed by atoms with Crippen LogP contribution in [-0.4, -0.2) is 25.0 Å². The van der Waals surface area contributed by atoms with Crippen LogP contribution in [0.2, 0.25) is 0 Å². The molecule has 1 N–H and O–H groups in total. The molecule has 0 radical (unpaired) electrons. The summed E-state index contributed by atoms with van der Waals surface area (Å²) in [6.07, 6.45) is -0.635. The monoisotopic (exact) mass is 258 g/mol. The van der Waals surface area contributed by atoms with Gasteiger partial charge in [-0.15, -0.1) is 0 Å². The first-order valence-electron chi connectivity index (χ1n) is 5.53. The standard InChI is InChI=1S/C12H15FO3S/c1-8-2-3-11(13)10(6-8)12(14)9-4-5-17(15,16)7-9/h2-3,6,9,12,14H,4-5,7H2,1H3. The summed E-state index contributed by atoms with van der Waals surface area (Å²) >= 11 is 0. The van der Waals surface area contributed by atoms with Gasteiger partial charge < -0.3 is 5.11 Å². The lowest BCUT2D eigenvalue weighted by Gasteiger charge is -2.18. The zero-order valence-electron chi connectivity index (χ0n) is 9.56. The van der Waals surface area contributed by atoms with E-state index >= 15 is 0 Å². The number of aryl methyl sites for hydroxylation is 1. The van der Waals surface area contributed by atoms with Gasteiger partial charge in [0.05, 0.1) is 17.6 Å². The Morgan fingerprint density at radius 3 is 2.76 bits per heavy atom. The molecule has 1 saturated heterocycles. The number of aliphatic hydroxyl groups excluding tert-OH is 1. The molecular formula is C12H15FO3S. The fraction of sp³-hybridized carbons (Fsp3) is 0.500. The van der Waals surface area contributed by atoms with Crippen LogP contribution in [0, 0.1) is 18.7 Å². The van der Waals surface area contributed by atoms with Crippen molar-refractivity contribution in [3.63, 3.8) is 0 Å². The van der Waals surface area contributed by atoms with E-state index in [0.717, 1.165) is 5.56 Å². The summed E-state index contributed by atoms with van der Waals surface area (Å²) in [6.45, 7) is 1.81. The van der Waals surface area contributed by atoms with Gasteiger partial charge in [0, 0.05) is 11.5 Å². The van der Waals surface area contributed by atoms with Gasteiger partial charge in [-0.3, -0.25) is 0 Å². The fourth-order valence-electron chi connectivity index (χ4n) is 2.22. The number of hydrogen-bond donors (Lipinski definition) is 1. The first-order chi connectivity index (χ1) is 7.89. The number of aliphatic hydroxyl groups is 1. The Hall–Kier alpha value is -0.940. The first kappa shape index (κ1) is 12.5. The fourth-order valence-corrected chi connectivity index (χ4v) is 4.05. The molecule has 2 rings (SSSR count). The van der Waals surface area contributed by atoms with Gasteiger partial charge in [0.25, 0.3) is 0 Å². The minimum absolute atomic E-state index is 0.0540. The maximum absolute atomic E-state index is 13.6. The van der Waals surface area contributed by atoms with Crippen molar-refractivity contribution < 1.29 is 17.9 Å². The number of hydrogen-bond acceptors (Lipinski definition) is 3. The Kier molecular flexibility index (Phi) is 3.23. The average molecular weight is 258 g/mol. The van der Waals surface area contributed by atoms with Crippen molar-refractivity contribution in [3.05, 3.63) is 35.1 Å². The average Bonchev–Trinajstić information content (AvgIpc) is 2.61. The van der Waals surface area contributed by atoms with E-state index in [1.54, 1.807) is 19.1 Å². The van der Waals surface area contributed by atoms with E-state index in [4.69, 9.17) is 0 Å². The van der Waals surface area contributed by atoms with Gasteiger partial charge in [-0.1, -0.05) is 17.7 Å². The second-order valence-corrected chi connectivity index (χ2v) is 6.86. The summed E-state index contributed by atoms with van der Waals surface area (Å²) in [7, 11) is -3.05. The van der Waals surface area contributed by atoms with Crippen LogP contribution in [0.5, 0.6) is 0 Å². The van der Waals surface area contributed by atoms with E-state index in [9.17, 15) is 17.9 Å². The third-order valence-electron chi connectivity index (χ3n) is 3.18. The van der Waals surface area contributed by atoms with Crippen LogP contribution < -0.4 is 0 Å². The highest BCUT2D eigenvalue weighted by atomic mass is 32.2. The molecule has 1 heterocycles. The highest BCUT2D eigenvalue weighted by Crippen LogP contribution is 2.32. The van der Waals surface area contributed by atoms with Crippen molar-refractivity contribution in [1.29, 1.82) is 0 Å². The van der Waals surface area contributed by atoms with Crippen LogP contribution in [0.4, 0.5) is 4.39 Å². The minimum atomic E-state index is -3.05. The predicted octanol–water partition coefficient (Wildman–Crippen LogP) is 1.60. The third kappa shape index (κ3) is 2.66. The topological polar surface area (TPSA) is 54.4 Å². The molecule has 0 amide bonds. The summed E-state index contributed by atoms with van der Waals surface area (Å²) in [5.74, 6) is -0.840. The van der Waals surface area contributed by atoms with Gasteiger partial charge in [0.15, 0.2) is 9.84 Å². The van der Waals surface area contributed by atoms with E-state index in [1.165, 1.54) is 6.07 Å². The van der Waals surface area contributed by atoms with Crippen molar-refractivity contribution in [1.82, 2.24) is 0 Å². The van der Waals surface area contributed by atoms with Crippen LogP contribution in [-0.2, 0) is 9.84 Å². The van der Waals surface area contributed by atoms with Crippen molar-refractivity contribution in [2.45, 2.75) is 19.4 Å². The molecule has 0 bridgehead atoms. The van der Waals surface area contributed by atoms with Gasteiger partial charge in [0.2, 0.25) is 0 Å². The zero-order chi connectivity index (χ0) is 12.6. The summed E-state index contributed by atoms with van der Waals surface area (Å²) in [5.41, 5.74) is 1.05. The van der Waals surface area contributed by atoms with E-state index in [-0.39, 0.29) is 17.1 Å². The van der Waals surface area contributed by atoms with E-state index < -0.39 is 27.7 Å². The number of rotatable bonds is 2. The lowest BCUT2D eigenvalue weighted by atomic mass is 9.94. The van der Waals surface area contributed by atoms with Gasteiger partial charge in [-0.25, -0.2) is 12.8 Å². The molecule has 1 aromatic carbocycles. The Labute approximate surface area is 100 Å². The molecule has 0 aromatic heterocycles.